The predicted octanol–water partition coefficient (Wildman–Crippen LogP) is 3.52. The molecule has 0 radical (unpaired) electrons. The zero-order valence-electron chi connectivity index (χ0n) is 12.0. The molecule has 0 saturated carbocycles. The van der Waals surface area contributed by atoms with Crippen LogP contribution in [0, 0.1) is 6.92 Å². The van der Waals surface area contributed by atoms with E-state index in [1.54, 1.807) is 6.20 Å². The van der Waals surface area contributed by atoms with Gasteiger partial charge in [-0.1, -0.05) is 6.07 Å². The standard InChI is InChI=1S/C16H19N3O/c1-11-10-14(7-8-15(11)19-13(3)20)18-12(2)16-6-4-5-9-17-16/h4-10,12,18H,1-3H3,(H,19,20). The zero-order chi connectivity index (χ0) is 14.5. The van der Waals surface area contributed by atoms with Crippen LogP contribution in [0.2, 0.25) is 0 Å². The summed E-state index contributed by atoms with van der Waals surface area (Å²) in [5.74, 6) is -0.0596. The van der Waals surface area contributed by atoms with E-state index in [0.29, 0.717) is 0 Å². The summed E-state index contributed by atoms with van der Waals surface area (Å²) >= 11 is 0. The lowest BCUT2D eigenvalue weighted by molar-refractivity contribution is -0.114. The number of aryl methyl sites for hydroxylation is 1. The van der Waals surface area contributed by atoms with E-state index in [1.807, 2.05) is 43.3 Å². The summed E-state index contributed by atoms with van der Waals surface area (Å²) in [6.07, 6.45) is 1.79. The van der Waals surface area contributed by atoms with Crippen LogP contribution in [0.4, 0.5) is 11.4 Å². The third-order valence-electron chi connectivity index (χ3n) is 3.05. The molecule has 0 aliphatic heterocycles. The van der Waals surface area contributed by atoms with Gasteiger partial charge in [0.05, 0.1) is 11.7 Å². The van der Waals surface area contributed by atoms with Gasteiger partial charge >= 0.3 is 0 Å². The second kappa shape index (κ2) is 6.19. The Morgan fingerprint density at radius 2 is 2.05 bits per heavy atom. The van der Waals surface area contributed by atoms with E-state index < -0.39 is 0 Å². The van der Waals surface area contributed by atoms with Crippen LogP contribution in [0.25, 0.3) is 0 Å². The Labute approximate surface area is 119 Å². The quantitative estimate of drug-likeness (QED) is 0.893. The van der Waals surface area contributed by atoms with E-state index >= 15 is 0 Å². The summed E-state index contributed by atoms with van der Waals surface area (Å²) in [5, 5.41) is 6.21. The van der Waals surface area contributed by atoms with Gasteiger partial charge in [-0.05, 0) is 49.7 Å². The number of carbonyl (C=O) groups excluding carboxylic acids is 1. The summed E-state index contributed by atoms with van der Waals surface area (Å²) < 4.78 is 0. The lowest BCUT2D eigenvalue weighted by Gasteiger charge is -2.16. The molecule has 0 fully saturated rings. The number of benzene rings is 1. The lowest BCUT2D eigenvalue weighted by atomic mass is 10.1. The molecule has 2 rings (SSSR count). The maximum atomic E-state index is 11.1. The van der Waals surface area contributed by atoms with Crippen molar-refractivity contribution in [3.8, 4) is 0 Å². The van der Waals surface area contributed by atoms with Gasteiger partial charge in [0.1, 0.15) is 0 Å². The van der Waals surface area contributed by atoms with Gasteiger partial charge in [0.15, 0.2) is 0 Å². The number of pyridine rings is 1. The fourth-order valence-corrected chi connectivity index (χ4v) is 2.04. The third kappa shape index (κ3) is 3.57. The lowest BCUT2D eigenvalue weighted by Crippen LogP contribution is -2.10. The Hall–Kier alpha value is -2.36. The van der Waals surface area contributed by atoms with Crippen molar-refractivity contribution >= 4 is 17.3 Å². The first kappa shape index (κ1) is 14.1. The Bertz CT molecular complexity index is 596. The van der Waals surface area contributed by atoms with Crippen molar-refractivity contribution in [2.45, 2.75) is 26.8 Å². The number of anilines is 2. The van der Waals surface area contributed by atoms with Crippen LogP contribution < -0.4 is 10.6 Å². The highest BCUT2D eigenvalue weighted by atomic mass is 16.1. The van der Waals surface area contributed by atoms with Crippen molar-refractivity contribution in [2.75, 3.05) is 10.6 Å². The molecular weight excluding hydrogens is 250 g/mol. The molecule has 0 aliphatic rings. The average Bonchev–Trinajstić information content (AvgIpc) is 2.42. The number of nitrogens with zero attached hydrogens (tertiary/aromatic N) is 1. The predicted molar refractivity (Wildman–Crippen MR) is 81.8 cm³/mol. The number of amides is 1. The Morgan fingerprint density at radius 3 is 2.65 bits per heavy atom. The number of rotatable bonds is 4. The van der Waals surface area contributed by atoms with Gasteiger partial charge in [-0.25, -0.2) is 0 Å². The Balaban J connectivity index is 2.10. The molecule has 0 spiro atoms. The van der Waals surface area contributed by atoms with E-state index in [0.717, 1.165) is 22.6 Å². The highest BCUT2D eigenvalue weighted by Crippen LogP contribution is 2.23. The summed E-state index contributed by atoms with van der Waals surface area (Å²) in [7, 11) is 0. The molecule has 104 valence electrons. The van der Waals surface area contributed by atoms with Crippen molar-refractivity contribution in [1.82, 2.24) is 4.98 Å². The van der Waals surface area contributed by atoms with Gasteiger partial charge in [-0.2, -0.15) is 0 Å². The average molecular weight is 269 g/mol. The van der Waals surface area contributed by atoms with Gasteiger partial charge in [-0.3, -0.25) is 9.78 Å². The number of hydrogen-bond donors (Lipinski definition) is 2. The molecule has 20 heavy (non-hydrogen) atoms. The summed E-state index contributed by atoms with van der Waals surface area (Å²) in [6.45, 7) is 5.55. The van der Waals surface area contributed by atoms with Crippen molar-refractivity contribution < 1.29 is 4.79 Å². The van der Waals surface area contributed by atoms with Crippen LogP contribution in [0.5, 0.6) is 0 Å². The first-order chi connectivity index (χ1) is 9.56. The van der Waals surface area contributed by atoms with E-state index in [2.05, 4.69) is 22.5 Å². The van der Waals surface area contributed by atoms with E-state index in [1.165, 1.54) is 6.92 Å². The Morgan fingerprint density at radius 1 is 1.25 bits per heavy atom. The topological polar surface area (TPSA) is 54.0 Å². The minimum absolute atomic E-state index is 0.0596. The molecule has 1 amide bonds. The fraction of sp³-hybridized carbons (Fsp3) is 0.250. The molecule has 0 aliphatic carbocycles. The molecule has 1 unspecified atom stereocenters. The van der Waals surface area contributed by atoms with Crippen LogP contribution in [0.1, 0.15) is 31.1 Å². The molecule has 2 aromatic rings. The van der Waals surface area contributed by atoms with Crippen molar-refractivity contribution in [2.24, 2.45) is 0 Å². The molecule has 1 heterocycles. The number of hydrogen-bond acceptors (Lipinski definition) is 3. The SMILES string of the molecule is CC(=O)Nc1ccc(NC(C)c2ccccn2)cc1C. The van der Waals surface area contributed by atoms with Crippen LogP contribution in [0.15, 0.2) is 42.6 Å². The molecule has 2 N–H and O–H groups in total. The van der Waals surface area contributed by atoms with E-state index in [-0.39, 0.29) is 11.9 Å². The highest BCUT2D eigenvalue weighted by Gasteiger charge is 2.07. The van der Waals surface area contributed by atoms with Gasteiger partial charge in [0.25, 0.3) is 0 Å². The normalized spacial score (nSPS) is 11.8. The number of nitrogens with one attached hydrogen (secondary N) is 2. The van der Waals surface area contributed by atoms with Crippen molar-refractivity contribution in [3.63, 3.8) is 0 Å². The molecule has 1 atom stereocenters. The van der Waals surface area contributed by atoms with E-state index in [4.69, 9.17) is 0 Å². The first-order valence-corrected chi connectivity index (χ1v) is 6.62. The summed E-state index contributed by atoms with van der Waals surface area (Å²) in [4.78, 5) is 15.4. The van der Waals surface area contributed by atoms with Gasteiger partial charge in [-0.15, -0.1) is 0 Å². The molecule has 4 nitrogen and oxygen atoms in total. The van der Waals surface area contributed by atoms with Gasteiger partial charge in [0.2, 0.25) is 5.91 Å². The van der Waals surface area contributed by atoms with Crippen LogP contribution in [-0.2, 0) is 4.79 Å². The third-order valence-corrected chi connectivity index (χ3v) is 3.05. The van der Waals surface area contributed by atoms with E-state index in [9.17, 15) is 4.79 Å². The molecule has 0 bridgehead atoms. The molecule has 1 aromatic carbocycles. The molecule has 0 saturated heterocycles. The zero-order valence-corrected chi connectivity index (χ0v) is 12.0. The Kier molecular flexibility index (Phi) is 4.35. The second-order valence-electron chi connectivity index (χ2n) is 4.83. The summed E-state index contributed by atoms with van der Waals surface area (Å²) in [5.41, 5.74) is 3.87. The maximum Gasteiger partial charge on any atom is 0.221 e. The van der Waals surface area contributed by atoms with Crippen LogP contribution >= 0.6 is 0 Å². The minimum atomic E-state index is -0.0596. The maximum absolute atomic E-state index is 11.1. The van der Waals surface area contributed by atoms with Crippen molar-refractivity contribution in [3.05, 3.63) is 53.9 Å². The fourth-order valence-electron chi connectivity index (χ4n) is 2.04. The minimum Gasteiger partial charge on any atom is -0.377 e. The van der Waals surface area contributed by atoms with Crippen LogP contribution in [-0.4, -0.2) is 10.9 Å². The monoisotopic (exact) mass is 269 g/mol. The smallest absolute Gasteiger partial charge is 0.221 e. The molecule has 4 heteroatoms. The summed E-state index contributed by atoms with van der Waals surface area (Å²) in [6, 6.07) is 11.9. The van der Waals surface area contributed by atoms with Crippen LogP contribution in [0.3, 0.4) is 0 Å². The number of carbonyl (C=O) groups is 1. The highest BCUT2D eigenvalue weighted by molar-refractivity contribution is 5.89. The van der Waals surface area contributed by atoms with Gasteiger partial charge < -0.3 is 10.6 Å². The first-order valence-electron chi connectivity index (χ1n) is 6.62. The second-order valence-corrected chi connectivity index (χ2v) is 4.83. The van der Waals surface area contributed by atoms with Crippen molar-refractivity contribution in [1.29, 1.82) is 0 Å². The largest absolute Gasteiger partial charge is 0.377 e. The van der Waals surface area contributed by atoms with Gasteiger partial charge in [0, 0.05) is 24.5 Å². The molecular formula is C16H19N3O. The molecule has 1 aromatic heterocycles. The number of aromatic nitrogens is 1.